The van der Waals surface area contributed by atoms with E-state index in [1.165, 1.54) is 6.20 Å². The van der Waals surface area contributed by atoms with Gasteiger partial charge in [-0.2, -0.15) is 0 Å². The molecule has 2 N–H and O–H groups in total. The van der Waals surface area contributed by atoms with Crippen molar-refractivity contribution in [1.29, 1.82) is 0 Å². The fraction of sp³-hybridized carbons (Fsp3) is 0.500. The largest absolute Gasteiger partial charge is 0.392 e. The van der Waals surface area contributed by atoms with Gasteiger partial charge in [0, 0.05) is 6.54 Å². The zero-order chi connectivity index (χ0) is 9.84. The fourth-order valence-electron chi connectivity index (χ4n) is 0.667. The first-order valence-corrected chi connectivity index (χ1v) is 4.43. The molecule has 7 heteroatoms. The molecule has 1 aromatic rings. The van der Waals surface area contributed by atoms with Gasteiger partial charge in [0.1, 0.15) is 6.20 Å². The first kappa shape index (κ1) is 9.87. The van der Waals surface area contributed by atoms with E-state index in [0.29, 0.717) is 11.7 Å². The van der Waals surface area contributed by atoms with E-state index >= 15 is 0 Å². The normalized spacial score (nSPS) is 12.5. The lowest BCUT2D eigenvalue weighted by molar-refractivity contribution is -0.380. The Balaban J connectivity index is 2.54. The second-order valence-electron chi connectivity index (χ2n) is 2.49. The number of rotatable bonds is 4. The van der Waals surface area contributed by atoms with Gasteiger partial charge in [-0.15, -0.1) is 0 Å². The Morgan fingerprint density at radius 1 is 1.92 bits per heavy atom. The summed E-state index contributed by atoms with van der Waals surface area (Å²) in [5.41, 5.74) is 0. The minimum absolute atomic E-state index is 0.00640. The maximum atomic E-state index is 10.3. The SMILES string of the molecule is CC(O)CNc1ncc([N+](=O)[O-])s1. The summed E-state index contributed by atoms with van der Waals surface area (Å²) in [6.07, 6.45) is 0.692. The van der Waals surface area contributed by atoms with Crippen molar-refractivity contribution in [3.8, 4) is 0 Å². The maximum Gasteiger partial charge on any atom is 0.345 e. The summed E-state index contributed by atoms with van der Waals surface area (Å²) in [7, 11) is 0. The molecule has 0 fully saturated rings. The van der Waals surface area contributed by atoms with Crippen molar-refractivity contribution >= 4 is 21.5 Å². The number of nitro groups is 1. The van der Waals surface area contributed by atoms with Gasteiger partial charge in [-0.3, -0.25) is 10.1 Å². The van der Waals surface area contributed by atoms with Crippen LogP contribution in [0.15, 0.2) is 6.20 Å². The van der Waals surface area contributed by atoms with E-state index < -0.39 is 11.0 Å². The first-order chi connectivity index (χ1) is 6.09. The first-order valence-electron chi connectivity index (χ1n) is 3.61. The predicted octanol–water partition coefficient (Wildman–Crippen LogP) is 0.844. The third-order valence-corrected chi connectivity index (χ3v) is 2.13. The third kappa shape index (κ3) is 2.96. The lowest BCUT2D eigenvalue weighted by atomic mass is 10.4. The van der Waals surface area contributed by atoms with Gasteiger partial charge in [-0.25, -0.2) is 4.98 Å². The van der Waals surface area contributed by atoms with Crippen molar-refractivity contribution in [2.45, 2.75) is 13.0 Å². The van der Waals surface area contributed by atoms with Crippen LogP contribution in [0.1, 0.15) is 6.92 Å². The molecular formula is C6H9N3O3S. The Kier molecular flexibility index (Phi) is 3.15. The Bertz CT molecular complexity index is 299. The van der Waals surface area contributed by atoms with Crippen molar-refractivity contribution in [3.63, 3.8) is 0 Å². The van der Waals surface area contributed by atoms with Crippen LogP contribution in [-0.2, 0) is 0 Å². The third-order valence-electron chi connectivity index (χ3n) is 1.22. The number of hydrogen-bond donors (Lipinski definition) is 2. The molecule has 0 bridgehead atoms. The molecule has 1 unspecified atom stereocenters. The van der Waals surface area contributed by atoms with Crippen molar-refractivity contribution < 1.29 is 10.0 Å². The van der Waals surface area contributed by atoms with E-state index in [0.717, 1.165) is 11.3 Å². The second-order valence-corrected chi connectivity index (χ2v) is 3.50. The van der Waals surface area contributed by atoms with Gasteiger partial charge in [0.2, 0.25) is 0 Å². The van der Waals surface area contributed by atoms with Crippen LogP contribution >= 0.6 is 11.3 Å². The summed E-state index contributed by atoms with van der Waals surface area (Å²) in [6.45, 7) is 1.96. The lowest BCUT2D eigenvalue weighted by Gasteiger charge is -2.02. The van der Waals surface area contributed by atoms with E-state index in [1.807, 2.05) is 0 Å². The Morgan fingerprint density at radius 3 is 3.08 bits per heavy atom. The summed E-state index contributed by atoms with van der Waals surface area (Å²) in [5.74, 6) is 0. The topological polar surface area (TPSA) is 88.3 Å². The number of nitrogens with zero attached hydrogens (tertiary/aromatic N) is 2. The van der Waals surface area contributed by atoms with Crippen molar-refractivity contribution in [1.82, 2.24) is 4.98 Å². The zero-order valence-electron chi connectivity index (χ0n) is 6.93. The highest BCUT2D eigenvalue weighted by atomic mass is 32.1. The Labute approximate surface area is 78.4 Å². The summed E-state index contributed by atoms with van der Waals surface area (Å²) >= 11 is 0.951. The summed E-state index contributed by atoms with van der Waals surface area (Å²) in [5, 5.41) is 22.4. The molecular weight excluding hydrogens is 194 g/mol. The smallest absolute Gasteiger partial charge is 0.345 e. The van der Waals surface area contributed by atoms with E-state index in [2.05, 4.69) is 10.3 Å². The molecule has 0 aromatic carbocycles. The summed E-state index contributed by atoms with van der Waals surface area (Å²) in [4.78, 5) is 13.5. The number of aliphatic hydroxyl groups is 1. The molecule has 0 saturated heterocycles. The Morgan fingerprint density at radius 2 is 2.62 bits per heavy atom. The minimum atomic E-state index is -0.497. The quantitative estimate of drug-likeness (QED) is 0.559. The van der Waals surface area contributed by atoms with E-state index in [1.54, 1.807) is 6.92 Å². The number of aromatic nitrogens is 1. The van der Waals surface area contributed by atoms with Crippen LogP contribution in [0.5, 0.6) is 0 Å². The van der Waals surface area contributed by atoms with Crippen molar-refractivity contribution in [2.24, 2.45) is 0 Å². The number of thiazole rings is 1. The van der Waals surface area contributed by atoms with E-state index in [9.17, 15) is 10.1 Å². The van der Waals surface area contributed by atoms with Gasteiger partial charge < -0.3 is 10.4 Å². The average molecular weight is 203 g/mol. The molecule has 0 radical (unpaired) electrons. The van der Waals surface area contributed by atoms with Crippen LogP contribution in [0.25, 0.3) is 0 Å². The van der Waals surface area contributed by atoms with E-state index in [4.69, 9.17) is 5.11 Å². The standard InChI is InChI=1S/C6H9N3O3S/c1-4(10)2-7-6-8-3-5(13-6)9(11)12/h3-4,10H,2H2,1H3,(H,7,8). The van der Waals surface area contributed by atoms with Gasteiger partial charge in [0.25, 0.3) is 0 Å². The fourth-order valence-corrected chi connectivity index (χ4v) is 1.31. The summed E-state index contributed by atoms with van der Waals surface area (Å²) in [6, 6.07) is 0. The predicted molar refractivity (Wildman–Crippen MR) is 48.9 cm³/mol. The lowest BCUT2D eigenvalue weighted by Crippen LogP contribution is -2.14. The number of aliphatic hydroxyl groups excluding tert-OH is 1. The van der Waals surface area contributed by atoms with Crippen LogP contribution in [0.3, 0.4) is 0 Å². The molecule has 1 rings (SSSR count). The highest BCUT2D eigenvalue weighted by molar-refractivity contribution is 7.18. The molecule has 1 atom stereocenters. The summed E-state index contributed by atoms with van der Waals surface area (Å²) < 4.78 is 0. The van der Waals surface area contributed by atoms with Crippen molar-refractivity contribution in [2.75, 3.05) is 11.9 Å². The highest BCUT2D eigenvalue weighted by Crippen LogP contribution is 2.24. The molecule has 1 heterocycles. The molecule has 0 spiro atoms. The number of hydrogen-bond acceptors (Lipinski definition) is 6. The zero-order valence-corrected chi connectivity index (χ0v) is 7.74. The molecule has 72 valence electrons. The molecule has 13 heavy (non-hydrogen) atoms. The van der Waals surface area contributed by atoms with Crippen LogP contribution in [0.2, 0.25) is 0 Å². The molecule has 6 nitrogen and oxygen atoms in total. The van der Waals surface area contributed by atoms with Gasteiger partial charge in [-0.05, 0) is 18.3 Å². The second kappa shape index (κ2) is 4.15. The van der Waals surface area contributed by atoms with Gasteiger partial charge >= 0.3 is 5.00 Å². The van der Waals surface area contributed by atoms with Crippen LogP contribution in [0.4, 0.5) is 10.1 Å². The molecule has 0 amide bonds. The Hall–Kier alpha value is -1.21. The molecule has 0 aliphatic heterocycles. The molecule has 1 aromatic heterocycles. The molecule has 0 saturated carbocycles. The number of nitrogens with one attached hydrogen (secondary N) is 1. The van der Waals surface area contributed by atoms with Gasteiger partial charge in [-0.1, -0.05) is 0 Å². The average Bonchev–Trinajstić information content (AvgIpc) is 2.48. The highest BCUT2D eigenvalue weighted by Gasteiger charge is 2.10. The molecule has 0 aliphatic carbocycles. The van der Waals surface area contributed by atoms with E-state index in [-0.39, 0.29) is 5.00 Å². The van der Waals surface area contributed by atoms with Gasteiger partial charge in [0.15, 0.2) is 5.13 Å². The van der Waals surface area contributed by atoms with Crippen LogP contribution in [-0.4, -0.2) is 27.7 Å². The van der Waals surface area contributed by atoms with Gasteiger partial charge in [0.05, 0.1) is 11.0 Å². The van der Waals surface area contributed by atoms with Crippen LogP contribution < -0.4 is 5.32 Å². The monoisotopic (exact) mass is 203 g/mol. The molecule has 0 aliphatic rings. The van der Waals surface area contributed by atoms with Crippen molar-refractivity contribution in [3.05, 3.63) is 16.3 Å². The minimum Gasteiger partial charge on any atom is -0.392 e. The number of anilines is 1. The van der Waals surface area contributed by atoms with Crippen LogP contribution in [0, 0.1) is 10.1 Å². The maximum absolute atomic E-state index is 10.3.